The van der Waals surface area contributed by atoms with Gasteiger partial charge in [-0.1, -0.05) is 52.0 Å². The van der Waals surface area contributed by atoms with Crippen LogP contribution in [-0.4, -0.2) is 259 Å². The summed E-state index contributed by atoms with van der Waals surface area (Å²) in [6.45, 7) is 6.91. The maximum absolute atomic E-state index is 15.1. The molecule has 39 heteroatoms. The van der Waals surface area contributed by atoms with E-state index in [1.54, 1.807) is 34.0 Å². The molecule has 2 aromatic carbocycles. The lowest BCUT2D eigenvalue weighted by atomic mass is 10.0. The van der Waals surface area contributed by atoms with Crippen LogP contribution in [0.1, 0.15) is 130 Å². The molecule has 1 heterocycles. The SMILES string of the molecule is CSCC[C@H](NC(=O)CNC(=O)[C@@H](NC(=O)[C@H](CC(C)C)NC(=O)[C@@H]1CCCN1C(=O)[C@H](Cc1ccc(O)cc1)NC(=O)[C@H](Cc1ccc(O)cc1)NC(=O)[C@@H](NC(=O)CNC(=O)[C@H](CCCCN)NC(=O)[C@H](CC(C)C)NC(=O)[C@H](CCC(=O)O)NC(=O)CNC(=O)[C@@H](N)CCC(=O)O)[C@@H](C)O)[C@@H](C)O)C(=O)O. The number of likely N-dealkylation sites (tertiary alicyclic amines) is 1. The van der Waals surface area contributed by atoms with Crippen molar-refractivity contribution in [2.45, 2.75) is 210 Å². The Morgan fingerprint density at radius 2 is 0.908 bits per heavy atom. The Morgan fingerprint density at radius 1 is 0.477 bits per heavy atom. The van der Waals surface area contributed by atoms with Gasteiger partial charge in [0, 0.05) is 32.2 Å². The van der Waals surface area contributed by atoms with Crippen molar-refractivity contribution in [1.29, 1.82) is 0 Å². The average molecular weight is 1560 g/mol. The molecule has 3 rings (SSSR count). The maximum Gasteiger partial charge on any atom is 0.326 e. The van der Waals surface area contributed by atoms with E-state index in [2.05, 4.69) is 63.8 Å². The summed E-state index contributed by atoms with van der Waals surface area (Å²) in [7, 11) is 0. The van der Waals surface area contributed by atoms with Gasteiger partial charge in [-0.25, -0.2) is 4.79 Å². The van der Waals surface area contributed by atoms with E-state index in [0.717, 1.165) is 6.92 Å². The van der Waals surface area contributed by atoms with Gasteiger partial charge in [0.25, 0.3) is 0 Å². The summed E-state index contributed by atoms with van der Waals surface area (Å²) in [4.78, 5) is 215. The maximum atomic E-state index is 15.1. The first-order valence-corrected chi connectivity index (χ1v) is 37.1. The van der Waals surface area contributed by atoms with Crippen LogP contribution in [0.25, 0.3) is 0 Å². The van der Waals surface area contributed by atoms with E-state index in [4.69, 9.17) is 16.6 Å². The number of unbranched alkanes of at least 4 members (excludes halogenated alkanes) is 1. The van der Waals surface area contributed by atoms with E-state index >= 15 is 4.79 Å². The number of nitrogens with one attached hydrogen (secondary N) is 12. The third-order valence-corrected chi connectivity index (χ3v) is 17.7. The van der Waals surface area contributed by atoms with Crippen molar-refractivity contribution >= 4 is 106 Å². The minimum absolute atomic E-state index is 0.0305. The van der Waals surface area contributed by atoms with Crippen molar-refractivity contribution in [3.05, 3.63) is 59.7 Å². The topological polar surface area (TPSA) is 614 Å². The fraction of sp³-hybridized carbons (Fsp3) is 0.600. The number of carbonyl (C=O) groups is 16. The Hall–Kier alpha value is -10.2. The predicted octanol–water partition coefficient (Wildman–Crippen LogP) is -4.54. The van der Waals surface area contributed by atoms with Crippen molar-refractivity contribution in [2.75, 3.05) is 44.7 Å². The number of carbonyl (C=O) groups excluding carboxylic acids is 13. The number of rotatable bonds is 49. The highest BCUT2D eigenvalue weighted by Crippen LogP contribution is 2.23. The monoisotopic (exact) mass is 1560 g/mol. The molecule has 0 unspecified atom stereocenters. The molecule has 23 N–H and O–H groups in total. The number of aromatic hydroxyl groups is 2. The average Bonchev–Trinajstić information content (AvgIpc) is 1.67. The molecule has 606 valence electrons. The van der Waals surface area contributed by atoms with Crippen molar-refractivity contribution < 1.29 is 112 Å². The number of aliphatic carboxylic acids is 3. The number of amides is 13. The third-order valence-electron chi connectivity index (χ3n) is 17.1. The van der Waals surface area contributed by atoms with Gasteiger partial charge in [-0.3, -0.25) is 71.9 Å². The zero-order chi connectivity index (χ0) is 81.8. The van der Waals surface area contributed by atoms with Crippen LogP contribution in [0.4, 0.5) is 0 Å². The molecule has 2 aromatic rings. The molecule has 1 aliphatic rings. The fourth-order valence-electron chi connectivity index (χ4n) is 11.2. The van der Waals surface area contributed by atoms with Crippen LogP contribution in [-0.2, 0) is 89.6 Å². The predicted molar refractivity (Wildman–Crippen MR) is 392 cm³/mol. The molecular weight excluding hydrogens is 1450 g/mol. The summed E-state index contributed by atoms with van der Waals surface area (Å²) in [6, 6.07) is -5.48. The number of phenolic OH excluding ortho intramolecular Hbond substituents is 2. The van der Waals surface area contributed by atoms with Gasteiger partial charge in [0.1, 0.15) is 71.9 Å². The molecule has 38 nitrogen and oxygen atoms in total. The summed E-state index contributed by atoms with van der Waals surface area (Å²) in [5.74, 6) is -16.9. The number of carboxylic acid groups (broad SMARTS) is 3. The normalized spacial score (nSPS) is 15.9. The first-order chi connectivity index (χ1) is 51.3. The zero-order valence-corrected chi connectivity index (χ0v) is 62.9. The molecular formula is C70H107N15O23S. The summed E-state index contributed by atoms with van der Waals surface area (Å²) >= 11 is 1.36. The van der Waals surface area contributed by atoms with E-state index in [-0.39, 0.29) is 101 Å². The van der Waals surface area contributed by atoms with E-state index in [1.807, 2.05) is 0 Å². The highest BCUT2D eigenvalue weighted by molar-refractivity contribution is 7.98. The van der Waals surface area contributed by atoms with Crippen LogP contribution in [0.15, 0.2) is 48.5 Å². The first kappa shape index (κ1) is 93.0. The molecule has 0 aromatic heterocycles. The van der Waals surface area contributed by atoms with Crippen LogP contribution in [0.3, 0.4) is 0 Å². The molecule has 0 radical (unpaired) electrons. The van der Waals surface area contributed by atoms with Gasteiger partial charge in [-0.05, 0) is 144 Å². The number of nitrogens with two attached hydrogens (primary N) is 2. The molecule has 1 aliphatic heterocycles. The quantitative estimate of drug-likeness (QED) is 0.0278. The number of hydrogen-bond donors (Lipinski definition) is 21. The van der Waals surface area contributed by atoms with Crippen LogP contribution >= 0.6 is 11.8 Å². The highest BCUT2D eigenvalue weighted by atomic mass is 32.2. The third kappa shape index (κ3) is 34.3. The second kappa shape index (κ2) is 47.5. The summed E-state index contributed by atoms with van der Waals surface area (Å²) < 4.78 is 0. The number of hydrogen-bond acceptors (Lipinski definition) is 23. The number of carboxylic acids is 3. The lowest BCUT2D eigenvalue weighted by Gasteiger charge is -2.31. The van der Waals surface area contributed by atoms with Gasteiger partial charge in [-0.15, -0.1) is 0 Å². The molecule has 13 atom stereocenters. The molecule has 109 heavy (non-hydrogen) atoms. The smallest absolute Gasteiger partial charge is 0.326 e. The molecule has 0 aliphatic carbocycles. The van der Waals surface area contributed by atoms with Crippen molar-refractivity contribution in [3.63, 3.8) is 0 Å². The summed E-state index contributed by atoms with van der Waals surface area (Å²) in [6.07, 6.45) is -3.23. The highest BCUT2D eigenvalue weighted by Gasteiger charge is 2.42. The van der Waals surface area contributed by atoms with Crippen molar-refractivity contribution in [2.24, 2.45) is 23.3 Å². The second-order valence-electron chi connectivity index (χ2n) is 27.3. The Morgan fingerprint density at radius 3 is 1.42 bits per heavy atom. The number of phenols is 2. The van der Waals surface area contributed by atoms with Crippen LogP contribution in [0, 0.1) is 11.8 Å². The van der Waals surface area contributed by atoms with Crippen LogP contribution in [0.2, 0.25) is 0 Å². The van der Waals surface area contributed by atoms with Gasteiger partial charge >= 0.3 is 17.9 Å². The lowest BCUT2D eigenvalue weighted by Crippen LogP contribution is -2.61. The van der Waals surface area contributed by atoms with Gasteiger partial charge in [0.2, 0.25) is 76.8 Å². The van der Waals surface area contributed by atoms with E-state index in [1.165, 1.54) is 72.1 Å². The Labute approximate surface area is 634 Å². The number of benzene rings is 2. The second-order valence-corrected chi connectivity index (χ2v) is 28.3. The largest absolute Gasteiger partial charge is 0.508 e. The number of aliphatic hydroxyl groups excluding tert-OH is 2. The van der Waals surface area contributed by atoms with E-state index in [0.29, 0.717) is 23.3 Å². The fourth-order valence-corrected chi connectivity index (χ4v) is 11.7. The molecule has 0 saturated carbocycles. The van der Waals surface area contributed by atoms with Gasteiger partial charge in [-0.2, -0.15) is 11.8 Å². The van der Waals surface area contributed by atoms with Crippen molar-refractivity contribution in [1.82, 2.24) is 68.7 Å². The van der Waals surface area contributed by atoms with Crippen molar-refractivity contribution in [3.8, 4) is 11.5 Å². The Kier molecular flexibility index (Phi) is 40.5. The minimum Gasteiger partial charge on any atom is -0.508 e. The molecule has 0 bridgehead atoms. The number of thioether (sulfide) groups is 1. The van der Waals surface area contributed by atoms with Gasteiger partial charge in [0.05, 0.1) is 37.9 Å². The number of aliphatic hydroxyl groups is 2. The minimum atomic E-state index is -1.88. The molecule has 13 amide bonds. The summed E-state index contributed by atoms with van der Waals surface area (Å²) in [5.41, 5.74) is 12.2. The lowest BCUT2D eigenvalue weighted by molar-refractivity contribution is -0.143. The Bertz CT molecular complexity index is 3440. The van der Waals surface area contributed by atoms with E-state index in [9.17, 15) is 103 Å². The standard InChI is InChI=1S/C70H107N15O23S/c1-36(2)29-48(79-62(99)46(22-24-57(95)96)76-53(90)33-73-60(97)44(72)21-23-56(93)94)63(100)78-45(11-8-9-26-71)61(98)74-35-55(92)83-59(39(6)87)68(105)81-50(31-40-13-17-42(88)18-14-40)64(101)82-51(32-41-15-19-43(89)20-16-41)69(106)85-27-10-12-52(85)66(103)80-49(30-37(3)4)65(102)84-58(38(5)86)67(104)75-34-54(91)77-47(70(107)108)25-28-109-7/h13-20,36-39,44-52,58-59,86-89H,8-12,21-35,71-72H2,1-7H3,(H,73,97)(H,74,98)(H,75,104)(H,76,90)(H,77,91)(H,78,100)(H,79,99)(H,80,103)(H,81,105)(H,82,101)(H,83,92)(H,84,102)(H,93,94)(H,95,96)(H,107,108)/t38-,39-,44+,45+,46+,47+,48+,49+,50+,51+,52+,58+,59+/m1/s1. The molecule has 1 fully saturated rings. The molecule has 0 spiro atoms. The zero-order valence-electron chi connectivity index (χ0n) is 62.1. The summed E-state index contributed by atoms with van der Waals surface area (Å²) in [5, 5.41) is 99.0. The Balaban J connectivity index is 1.89. The first-order valence-electron chi connectivity index (χ1n) is 35.7. The van der Waals surface area contributed by atoms with Crippen LogP contribution < -0.4 is 75.3 Å². The van der Waals surface area contributed by atoms with Gasteiger partial charge < -0.3 is 116 Å². The van der Waals surface area contributed by atoms with E-state index < -0.39 is 212 Å². The molecule has 1 saturated heterocycles. The van der Waals surface area contributed by atoms with Gasteiger partial charge in [0.15, 0.2) is 0 Å². The number of nitrogens with zero attached hydrogens (tertiary/aromatic N) is 1. The van der Waals surface area contributed by atoms with Crippen LogP contribution in [0.5, 0.6) is 11.5 Å².